The zero-order chi connectivity index (χ0) is 10.0. The lowest BCUT2D eigenvalue weighted by Crippen LogP contribution is -2.10. The van der Waals surface area contributed by atoms with Crippen LogP contribution in [0.5, 0.6) is 0 Å². The third kappa shape index (κ3) is 2.20. The fraction of sp³-hybridized carbons (Fsp3) is 0.222. The van der Waals surface area contributed by atoms with Crippen molar-refractivity contribution in [3.8, 4) is 0 Å². The van der Waals surface area contributed by atoms with Gasteiger partial charge in [-0.05, 0) is 18.6 Å². The first-order chi connectivity index (χ1) is 6.04. The average Bonchev–Trinajstić information content (AvgIpc) is 2.08. The Hall–Kier alpha value is -0.600. The van der Waals surface area contributed by atoms with E-state index in [0.29, 0.717) is 0 Å². The topological polar surface area (TPSA) is 17.1 Å². The second kappa shape index (κ2) is 4.07. The molecule has 0 amide bonds. The maximum atomic E-state index is 13.0. The number of ketones is 1. The summed E-state index contributed by atoms with van der Waals surface area (Å²) in [5.41, 5.74) is 0.508. The summed E-state index contributed by atoms with van der Waals surface area (Å²) in [5, 5.41) is 0. The van der Waals surface area contributed by atoms with Gasteiger partial charge >= 0.3 is 0 Å². The molecular weight excluding hydrogens is 214 g/mol. The normalized spacial score (nSPS) is 10.5. The van der Waals surface area contributed by atoms with Crippen molar-refractivity contribution in [1.29, 1.82) is 0 Å². The van der Waals surface area contributed by atoms with Gasteiger partial charge in [0.25, 0.3) is 0 Å². The predicted molar refractivity (Wildman–Crippen MR) is 51.0 cm³/mol. The first-order valence-electron chi connectivity index (χ1n) is 3.61. The zero-order valence-electron chi connectivity index (χ0n) is 6.85. The smallest absolute Gasteiger partial charge is 0.196 e. The number of benzene rings is 1. The highest BCUT2D eigenvalue weighted by Crippen LogP contribution is 2.17. The second-order valence-electron chi connectivity index (χ2n) is 2.58. The molecule has 0 aromatic heterocycles. The van der Waals surface area contributed by atoms with Gasteiger partial charge in [0.15, 0.2) is 10.6 Å². The van der Waals surface area contributed by atoms with E-state index in [1.54, 1.807) is 0 Å². The summed E-state index contributed by atoms with van der Waals surface area (Å²) in [5.74, 6) is -0.903. The van der Waals surface area contributed by atoms with Crippen LogP contribution >= 0.6 is 23.2 Å². The Kier molecular flexibility index (Phi) is 3.28. The standard InChI is InChI=1S/C9H7Cl2FO/c1-5-6(8(13)9(10)11)3-2-4-7(5)12/h2-4,9H,1H3. The molecule has 0 aliphatic carbocycles. The summed E-state index contributed by atoms with van der Waals surface area (Å²) in [6, 6.07) is 4.23. The molecule has 70 valence electrons. The van der Waals surface area contributed by atoms with Crippen LogP contribution in [0, 0.1) is 12.7 Å². The summed E-state index contributed by atoms with van der Waals surface area (Å²) < 4.78 is 13.0. The van der Waals surface area contributed by atoms with Crippen molar-refractivity contribution in [2.24, 2.45) is 0 Å². The molecule has 0 fully saturated rings. The lowest BCUT2D eigenvalue weighted by atomic mass is 10.1. The molecule has 0 spiro atoms. The van der Waals surface area contributed by atoms with Crippen molar-refractivity contribution >= 4 is 29.0 Å². The Bertz CT molecular complexity index is 336. The minimum Gasteiger partial charge on any atom is -0.291 e. The lowest BCUT2D eigenvalue weighted by Gasteiger charge is -2.05. The SMILES string of the molecule is Cc1c(F)cccc1C(=O)C(Cl)Cl. The van der Waals surface area contributed by atoms with Gasteiger partial charge in [0.2, 0.25) is 0 Å². The van der Waals surface area contributed by atoms with E-state index in [2.05, 4.69) is 0 Å². The highest BCUT2D eigenvalue weighted by Gasteiger charge is 2.17. The molecule has 1 rings (SSSR count). The third-order valence-corrected chi connectivity index (χ3v) is 2.13. The molecule has 1 aromatic carbocycles. The van der Waals surface area contributed by atoms with Gasteiger partial charge in [0.1, 0.15) is 5.82 Å². The maximum Gasteiger partial charge on any atom is 0.196 e. The van der Waals surface area contributed by atoms with E-state index in [-0.39, 0.29) is 11.1 Å². The number of hydrogen-bond acceptors (Lipinski definition) is 1. The van der Waals surface area contributed by atoms with E-state index in [4.69, 9.17) is 23.2 Å². The maximum absolute atomic E-state index is 13.0. The highest BCUT2D eigenvalue weighted by atomic mass is 35.5. The fourth-order valence-corrected chi connectivity index (χ4v) is 1.23. The van der Waals surface area contributed by atoms with Crippen LogP contribution in [0.1, 0.15) is 15.9 Å². The Morgan fingerprint density at radius 1 is 1.46 bits per heavy atom. The molecule has 1 aromatic rings. The van der Waals surface area contributed by atoms with Gasteiger partial charge in [-0.2, -0.15) is 0 Å². The monoisotopic (exact) mass is 220 g/mol. The number of carbonyl (C=O) groups excluding carboxylic acids is 1. The predicted octanol–water partition coefficient (Wildman–Crippen LogP) is 3.12. The van der Waals surface area contributed by atoms with Crippen LogP contribution in [0.15, 0.2) is 18.2 Å². The van der Waals surface area contributed by atoms with E-state index in [1.807, 2.05) is 0 Å². The van der Waals surface area contributed by atoms with Crippen LogP contribution < -0.4 is 0 Å². The van der Waals surface area contributed by atoms with Crippen molar-refractivity contribution in [2.45, 2.75) is 11.8 Å². The summed E-state index contributed by atoms with van der Waals surface area (Å²) in [4.78, 5) is 10.1. The fourth-order valence-electron chi connectivity index (χ4n) is 0.992. The Labute approximate surface area is 85.5 Å². The number of Topliss-reactive ketones (excluding diaryl/α,β-unsaturated/α-hetero) is 1. The minimum absolute atomic E-state index is 0.231. The summed E-state index contributed by atoms with van der Waals surface area (Å²) in [7, 11) is 0. The molecule has 4 heteroatoms. The van der Waals surface area contributed by atoms with E-state index in [9.17, 15) is 9.18 Å². The molecule has 0 unspecified atom stereocenters. The number of carbonyl (C=O) groups is 1. The molecule has 0 N–H and O–H groups in total. The van der Waals surface area contributed by atoms with Gasteiger partial charge in [-0.1, -0.05) is 35.3 Å². The van der Waals surface area contributed by atoms with Gasteiger partial charge in [-0.15, -0.1) is 0 Å². The second-order valence-corrected chi connectivity index (χ2v) is 3.67. The van der Waals surface area contributed by atoms with Crippen molar-refractivity contribution in [2.75, 3.05) is 0 Å². The van der Waals surface area contributed by atoms with E-state index < -0.39 is 16.4 Å². The molecule has 0 radical (unpaired) electrons. The molecule has 0 aliphatic heterocycles. The van der Waals surface area contributed by atoms with Gasteiger partial charge in [-0.25, -0.2) is 4.39 Å². The number of hydrogen-bond donors (Lipinski definition) is 0. The number of alkyl halides is 2. The van der Waals surface area contributed by atoms with E-state index in [1.165, 1.54) is 25.1 Å². The first kappa shape index (κ1) is 10.5. The van der Waals surface area contributed by atoms with Crippen LogP contribution in [-0.4, -0.2) is 10.6 Å². The van der Waals surface area contributed by atoms with Gasteiger partial charge in [-0.3, -0.25) is 4.79 Å². The van der Waals surface area contributed by atoms with E-state index >= 15 is 0 Å². The minimum atomic E-state index is -1.14. The third-order valence-electron chi connectivity index (χ3n) is 1.73. The molecule has 0 bridgehead atoms. The zero-order valence-corrected chi connectivity index (χ0v) is 8.36. The largest absolute Gasteiger partial charge is 0.291 e. The van der Waals surface area contributed by atoms with Crippen molar-refractivity contribution < 1.29 is 9.18 Å². The molecule has 0 aliphatic rings. The molecular formula is C9H7Cl2FO. The summed E-state index contributed by atoms with van der Waals surface area (Å²) in [6.07, 6.45) is 0. The Morgan fingerprint density at radius 3 is 2.62 bits per heavy atom. The molecule has 0 saturated heterocycles. The highest BCUT2D eigenvalue weighted by molar-refractivity contribution is 6.55. The Balaban J connectivity index is 3.15. The Morgan fingerprint density at radius 2 is 2.08 bits per heavy atom. The van der Waals surface area contributed by atoms with Crippen molar-refractivity contribution in [3.63, 3.8) is 0 Å². The molecule has 1 nitrogen and oxygen atoms in total. The lowest BCUT2D eigenvalue weighted by molar-refractivity contribution is 0.101. The molecule has 13 heavy (non-hydrogen) atoms. The van der Waals surface area contributed by atoms with Gasteiger partial charge in [0.05, 0.1) is 0 Å². The number of rotatable bonds is 2. The van der Waals surface area contributed by atoms with Crippen LogP contribution in [0.3, 0.4) is 0 Å². The average molecular weight is 221 g/mol. The quantitative estimate of drug-likeness (QED) is 0.553. The summed E-state index contributed by atoms with van der Waals surface area (Å²) in [6.45, 7) is 1.51. The first-order valence-corrected chi connectivity index (χ1v) is 4.49. The number of halogens is 3. The van der Waals surface area contributed by atoms with Crippen molar-refractivity contribution in [3.05, 3.63) is 35.1 Å². The van der Waals surface area contributed by atoms with Gasteiger partial charge in [0, 0.05) is 5.56 Å². The van der Waals surface area contributed by atoms with Crippen LogP contribution in [0.2, 0.25) is 0 Å². The van der Waals surface area contributed by atoms with Crippen LogP contribution in [0.4, 0.5) is 4.39 Å². The molecule has 0 atom stereocenters. The van der Waals surface area contributed by atoms with Crippen molar-refractivity contribution in [1.82, 2.24) is 0 Å². The van der Waals surface area contributed by atoms with Crippen LogP contribution in [0.25, 0.3) is 0 Å². The van der Waals surface area contributed by atoms with Gasteiger partial charge < -0.3 is 0 Å². The molecule has 0 saturated carbocycles. The molecule has 0 heterocycles. The van der Waals surface area contributed by atoms with Crippen LogP contribution in [-0.2, 0) is 0 Å². The summed E-state index contributed by atoms with van der Waals surface area (Å²) >= 11 is 10.8. The van der Waals surface area contributed by atoms with E-state index in [0.717, 1.165) is 0 Å².